The molecule has 7 nitrogen and oxygen atoms in total. The number of fused-ring (bicyclic) bond motifs is 1. The van der Waals surface area contributed by atoms with Crippen molar-refractivity contribution in [3.63, 3.8) is 0 Å². The van der Waals surface area contributed by atoms with E-state index < -0.39 is 0 Å². The maximum absolute atomic E-state index is 12.2. The lowest BCUT2D eigenvalue weighted by Gasteiger charge is -2.11. The third kappa shape index (κ3) is 3.91. The molecule has 0 fully saturated rings. The molecule has 1 aliphatic heterocycles. The molecule has 0 radical (unpaired) electrons. The number of amides is 1. The Morgan fingerprint density at radius 3 is 2.88 bits per heavy atom. The van der Waals surface area contributed by atoms with Crippen LogP contribution in [0.4, 0.5) is 0 Å². The highest BCUT2D eigenvalue weighted by Gasteiger charge is 2.16. The number of hydrogen-bond acceptors (Lipinski definition) is 6. The zero-order valence-corrected chi connectivity index (χ0v) is 15.8. The molecule has 0 unspecified atom stereocenters. The second-order valence-corrected chi connectivity index (χ2v) is 6.09. The monoisotopic (exact) mass is 420 g/mol. The van der Waals surface area contributed by atoms with Crippen LogP contribution in [0.2, 0.25) is 0 Å². The Morgan fingerprint density at radius 2 is 2.12 bits per heavy atom. The van der Waals surface area contributed by atoms with E-state index in [-0.39, 0.29) is 12.7 Å². The van der Waals surface area contributed by atoms with Gasteiger partial charge in [-0.2, -0.15) is 5.10 Å². The largest absolute Gasteiger partial charge is 0.493 e. The average Bonchev–Trinajstić information content (AvgIpc) is 3.11. The number of ether oxygens (including phenoxy) is 4. The molecule has 0 spiro atoms. The zero-order valence-electron chi connectivity index (χ0n) is 14.2. The first-order valence-electron chi connectivity index (χ1n) is 7.85. The molecule has 0 saturated heterocycles. The Morgan fingerprint density at radius 1 is 1.31 bits per heavy atom. The number of hydrazone groups is 1. The van der Waals surface area contributed by atoms with Crippen LogP contribution in [0.5, 0.6) is 23.0 Å². The molecular formula is C18H17BrN2O5. The maximum Gasteiger partial charge on any atom is 0.271 e. The van der Waals surface area contributed by atoms with Crippen LogP contribution in [0, 0.1) is 0 Å². The van der Waals surface area contributed by atoms with Crippen molar-refractivity contribution in [1.82, 2.24) is 5.43 Å². The molecule has 1 aliphatic rings. The van der Waals surface area contributed by atoms with Crippen molar-refractivity contribution < 1.29 is 23.7 Å². The average molecular weight is 421 g/mol. The molecule has 26 heavy (non-hydrogen) atoms. The fraction of sp³-hybridized carbons (Fsp3) is 0.222. The molecule has 0 aliphatic carbocycles. The molecule has 1 amide bonds. The van der Waals surface area contributed by atoms with E-state index >= 15 is 0 Å². The van der Waals surface area contributed by atoms with Gasteiger partial charge in [0.25, 0.3) is 5.91 Å². The molecule has 0 saturated carbocycles. The lowest BCUT2D eigenvalue weighted by Crippen LogP contribution is -2.17. The second kappa shape index (κ2) is 8.09. The third-order valence-corrected chi connectivity index (χ3v) is 4.14. The number of nitrogens with one attached hydrogen (secondary N) is 1. The minimum absolute atomic E-state index is 0.160. The topological polar surface area (TPSA) is 78.4 Å². The highest BCUT2D eigenvalue weighted by molar-refractivity contribution is 9.10. The summed E-state index contributed by atoms with van der Waals surface area (Å²) in [6.07, 6.45) is 1.52. The number of hydrogen-bond donors (Lipinski definition) is 1. The van der Waals surface area contributed by atoms with E-state index in [9.17, 15) is 4.79 Å². The van der Waals surface area contributed by atoms with Gasteiger partial charge in [-0.1, -0.05) is 0 Å². The van der Waals surface area contributed by atoms with Crippen LogP contribution in [-0.4, -0.2) is 32.6 Å². The third-order valence-electron chi connectivity index (χ3n) is 3.55. The number of methoxy groups -OCH3 is 1. The summed E-state index contributed by atoms with van der Waals surface area (Å²) < 4.78 is 22.1. The predicted octanol–water partition coefficient (Wildman–Crippen LogP) is 3.35. The van der Waals surface area contributed by atoms with Gasteiger partial charge in [-0.05, 0) is 58.7 Å². The van der Waals surface area contributed by atoms with Crippen LogP contribution in [0.3, 0.4) is 0 Å². The number of carbonyl (C=O) groups excluding carboxylic acids is 1. The van der Waals surface area contributed by atoms with Crippen molar-refractivity contribution in [2.75, 3.05) is 20.5 Å². The first-order valence-corrected chi connectivity index (χ1v) is 8.65. The second-order valence-electron chi connectivity index (χ2n) is 5.23. The fourth-order valence-corrected chi connectivity index (χ4v) is 2.94. The lowest BCUT2D eigenvalue weighted by atomic mass is 10.2. The quantitative estimate of drug-likeness (QED) is 0.572. The predicted molar refractivity (Wildman–Crippen MR) is 99.5 cm³/mol. The van der Waals surface area contributed by atoms with Crippen LogP contribution >= 0.6 is 15.9 Å². The highest BCUT2D eigenvalue weighted by Crippen LogP contribution is 2.36. The maximum atomic E-state index is 12.2. The molecule has 1 N–H and O–H groups in total. The van der Waals surface area contributed by atoms with E-state index in [0.29, 0.717) is 35.2 Å². The van der Waals surface area contributed by atoms with Gasteiger partial charge >= 0.3 is 0 Å². The number of nitrogens with zero attached hydrogens (tertiary/aromatic N) is 1. The highest BCUT2D eigenvalue weighted by atomic mass is 79.9. The van der Waals surface area contributed by atoms with Crippen molar-refractivity contribution >= 4 is 28.1 Å². The van der Waals surface area contributed by atoms with Crippen molar-refractivity contribution in [2.45, 2.75) is 6.92 Å². The summed E-state index contributed by atoms with van der Waals surface area (Å²) in [6.45, 7) is 2.58. The van der Waals surface area contributed by atoms with Gasteiger partial charge in [0.2, 0.25) is 6.79 Å². The van der Waals surface area contributed by atoms with Crippen molar-refractivity contribution in [1.29, 1.82) is 0 Å². The number of rotatable bonds is 6. The number of benzene rings is 2. The lowest BCUT2D eigenvalue weighted by molar-refractivity contribution is 0.0954. The Labute approximate surface area is 159 Å². The van der Waals surface area contributed by atoms with Gasteiger partial charge in [-0.3, -0.25) is 4.79 Å². The van der Waals surface area contributed by atoms with Gasteiger partial charge in [0, 0.05) is 5.56 Å². The Hall–Kier alpha value is -2.74. The minimum atomic E-state index is -0.350. The number of halogens is 1. The summed E-state index contributed by atoms with van der Waals surface area (Å²) in [5.41, 5.74) is 3.65. The fourth-order valence-electron chi connectivity index (χ4n) is 2.37. The van der Waals surface area contributed by atoms with Crippen molar-refractivity contribution in [2.24, 2.45) is 5.10 Å². The van der Waals surface area contributed by atoms with E-state index in [2.05, 4.69) is 26.5 Å². The molecule has 0 bridgehead atoms. The van der Waals surface area contributed by atoms with Crippen LogP contribution in [0.1, 0.15) is 22.8 Å². The van der Waals surface area contributed by atoms with Gasteiger partial charge < -0.3 is 18.9 Å². The van der Waals surface area contributed by atoms with E-state index in [1.807, 2.05) is 13.0 Å². The molecule has 2 aromatic rings. The minimum Gasteiger partial charge on any atom is -0.493 e. The first-order chi connectivity index (χ1) is 12.6. The smallest absolute Gasteiger partial charge is 0.271 e. The van der Waals surface area contributed by atoms with Gasteiger partial charge in [0.15, 0.2) is 23.0 Å². The zero-order chi connectivity index (χ0) is 18.5. The summed E-state index contributed by atoms with van der Waals surface area (Å²) in [5, 5.41) is 3.99. The molecule has 3 rings (SSSR count). The van der Waals surface area contributed by atoms with Gasteiger partial charge in [0.1, 0.15) is 0 Å². The first kappa shape index (κ1) is 18.1. The summed E-state index contributed by atoms with van der Waals surface area (Å²) >= 11 is 3.45. The molecular weight excluding hydrogens is 404 g/mol. The number of carbonyl (C=O) groups is 1. The van der Waals surface area contributed by atoms with Gasteiger partial charge in [0.05, 0.1) is 24.4 Å². The summed E-state index contributed by atoms with van der Waals surface area (Å²) in [4.78, 5) is 12.2. The normalized spacial score (nSPS) is 12.3. The Bertz CT molecular complexity index is 854. The molecule has 1 heterocycles. The SMILES string of the molecule is CCOc1c(Br)cc(/C=N\NC(=O)c2ccc3c(c2)OCO3)cc1OC. The van der Waals surface area contributed by atoms with E-state index in [1.54, 1.807) is 31.4 Å². The van der Waals surface area contributed by atoms with Crippen LogP contribution in [0.15, 0.2) is 39.9 Å². The summed E-state index contributed by atoms with van der Waals surface area (Å²) in [7, 11) is 1.56. The van der Waals surface area contributed by atoms with Gasteiger partial charge in [-0.25, -0.2) is 5.43 Å². The van der Waals surface area contributed by atoms with E-state index in [1.165, 1.54) is 6.21 Å². The molecule has 8 heteroatoms. The van der Waals surface area contributed by atoms with Crippen molar-refractivity contribution in [3.05, 3.63) is 45.9 Å². The summed E-state index contributed by atoms with van der Waals surface area (Å²) in [5.74, 6) is 2.01. The standard InChI is InChI=1S/C18H17BrN2O5/c1-3-24-17-13(19)6-11(7-16(17)23-2)9-20-21-18(22)12-4-5-14-15(8-12)26-10-25-14/h4-9H,3,10H2,1-2H3,(H,21,22)/b20-9-. The van der Waals surface area contributed by atoms with E-state index in [0.717, 1.165) is 10.0 Å². The van der Waals surface area contributed by atoms with Crippen molar-refractivity contribution in [3.8, 4) is 23.0 Å². The molecule has 0 aromatic heterocycles. The summed E-state index contributed by atoms with van der Waals surface area (Å²) in [6, 6.07) is 8.55. The molecule has 136 valence electrons. The Kier molecular flexibility index (Phi) is 5.62. The van der Waals surface area contributed by atoms with Crippen LogP contribution in [0.25, 0.3) is 0 Å². The van der Waals surface area contributed by atoms with Gasteiger partial charge in [-0.15, -0.1) is 0 Å². The van der Waals surface area contributed by atoms with Crippen LogP contribution < -0.4 is 24.4 Å². The Balaban J connectivity index is 1.70. The molecule has 0 atom stereocenters. The van der Waals surface area contributed by atoms with Crippen LogP contribution in [-0.2, 0) is 0 Å². The van der Waals surface area contributed by atoms with E-state index in [4.69, 9.17) is 18.9 Å². The molecule has 2 aromatic carbocycles.